The molecule has 23 heavy (non-hydrogen) atoms. The molecule has 2 amide bonds. The van der Waals surface area contributed by atoms with Crippen molar-refractivity contribution >= 4 is 11.8 Å². The van der Waals surface area contributed by atoms with Gasteiger partial charge in [-0.05, 0) is 39.2 Å². The number of hydrogen-bond acceptors (Lipinski definition) is 2. The number of amides is 2. The van der Waals surface area contributed by atoms with Gasteiger partial charge in [-0.25, -0.2) is 0 Å². The van der Waals surface area contributed by atoms with Gasteiger partial charge in [0.25, 0.3) is 5.91 Å². The van der Waals surface area contributed by atoms with E-state index in [1.807, 2.05) is 22.8 Å². The monoisotopic (exact) mass is 317 g/mol. The lowest BCUT2D eigenvalue weighted by molar-refractivity contribution is -0.132. The first-order valence-electron chi connectivity index (χ1n) is 8.78. The first kappa shape index (κ1) is 16.1. The van der Waals surface area contributed by atoms with E-state index in [-0.39, 0.29) is 11.8 Å². The van der Waals surface area contributed by atoms with Crippen LogP contribution in [0.1, 0.15) is 60.4 Å². The molecule has 5 nitrogen and oxygen atoms in total. The van der Waals surface area contributed by atoms with Gasteiger partial charge < -0.3 is 14.4 Å². The standard InChI is InChI=1S/C18H27N3O2/c1-4-5-17(22)19-8-10-20(11-9-19)18(23)16-12-13(2)21(14(16)3)15-6-7-15/h12,15H,4-11H2,1-3H3. The minimum Gasteiger partial charge on any atom is -0.345 e. The molecular formula is C18H27N3O2. The van der Waals surface area contributed by atoms with Gasteiger partial charge in [0.15, 0.2) is 0 Å². The molecule has 1 aliphatic carbocycles. The molecule has 1 saturated heterocycles. The topological polar surface area (TPSA) is 45.6 Å². The largest absolute Gasteiger partial charge is 0.345 e. The number of aromatic nitrogens is 1. The highest BCUT2D eigenvalue weighted by Crippen LogP contribution is 2.38. The molecule has 2 aliphatic rings. The lowest BCUT2D eigenvalue weighted by atomic mass is 10.2. The number of aryl methyl sites for hydroxylation is 1. The van der Waals surface area contributed by atoms with Crippen LogP contribution in [0, 0.1) is 13.8 Å². The van der Waals surface area contributed by atoms with Gasteiger partial charge in [-0.2, -0.15) is 0 Å². The van der Waals surface area contributed by atoms with Crippen LogP contribution >= 0.6 is 0 Å². The molecule has 0 N–H and O–H groups in total. The summed E-state index contributed by atoms with van der Waals surface area (Å²) < 4.78 is 2.31. The van der Waals surface area contributed by atoms with Crippen LogP contribution in [0.2, 0.25) is 0 Å². The second-order valence-electron chi connectivity index (χ2n) is 6.81. The molecule has 0 unspecified atom stereocenters. The van der Waals surface area contributed by atoms with Gasteiger partial charge in [0.05, 0.1) is 5.56 Å². The summed E-state index contributed by atoms with van der Waals surface area (Å²) in [6.07, 6.45) is 3.94. The van der Waals surface area contributed by atoms with E-state index in [1.54, 1.807) is 0 Å². The van der Waals surface area contributed by atoms with Crippen molar-refractivity contribution in [2.24, 2.45) is 0 Å². The second-order valence-corrected chi connectivity index (χ2v) is 6.81. The molecule has 0 aromatic carbocycles. The fourth-order valence-electron chi connectivity index (χ4n) is 3.59. The summed E-state index contributed by atoms with van der Waals surface area (Å²) in [4.78, 5) is 28.6. The Bertz CT molecular complexity index is 608. The predicted molar refractivity (Wildman–Crippen MR) is 89.6 cm³/mol. The number of carbonyl (C=O) groups is 2. The average molecular weight is 317 g/mol. The van der Waals surface area contributed by atoms with E-state index < -0.39 is 0 Å². The Balaban J connectivity index is 1.66. The molecule has 0 bridgehead atoms. The van der Waals surface area contributed by atoms with Crippen molar-refractivity contribution in [3.8, 4) is 0 Å². The van der Waals surface area contributed by atoms with Gasteiger partial charge in [-0.3, -0.25) is 9.59 Å². The highest BCUT2D eigenvalue weighted by molar-refractivity contribution is 5.96. The SMILES string of the molecule is CCCC(=O)N1CCN(C(=O)c2cc(C)n(C3CC3)c2C)CC1. The zero-order valence-corrected chi connectivity index (χ0v) is 14.5. The molecule has 0 atom stereocenters. The summed E-state index contributed by atoms with van der Waals surface area (Å²) in [5.74, 6) is 0.333. The Hall–Kier alpha value is -1.78. The molecule has 3 rings (SSSR count). The van der Waals surface area contributed by atoms with Crippen molar-refractivity contribution in [3.05, 3.63) is 23.0 Å². The Morgan fingerprint density at radius 2 is 1.70 bits per heavy atom. The maximum absolute atomic E-state index is 12.8. The molecule has 2 fully saturated rings. The van der Waals surface area contributed by atoms with Crippen molar-refractivity contribution < 1.29 is 9.59 Å². The lowest BCUT2D eigenvalue weighted by Gasteiger charge is -2.34. The molecule has 1 aromatic rings. The number of nitrogens with zero attached hydrogens (tertiary/aromatic N) is 3. The van der Waals surface area contributed by atoms with E-state index in [4.69, 9.17) is 0 Å². The van der Waals surface area contributed by atoms with Crippen molar-refractivity contribution in [1.29, 1.82) is 0 Å². The van der Waals surface area contributed by atoms with E-state index in [9.17, 15) is 9.59 Å². The summed E-state index contributed by atoms with van der Waals surface area (Å²) in [5.41, 5.74) is 3.12. The van der Waals surface area contributed by atoms with E-state index in [0.717, 1.165) is 17.7 Å². The molecule has 2 heterocycles. The summed E-state index contributed by atoms with van der Waals surface area (Å²) >= 11 is 0. The normalized spacial score (nSPS) is 18.4. The fraction of sp³-hybridized carbons (Fsp3) is 0.667. The van der Waals surface area contributed by atoms with Gasteiger partial charge in [0.1, 0.15) is 0 Å². The zero-order chi connectivity index (χ0) is 16.6. The third-order valence-corrected chi connectivity index (χ3v) is 5.01. The van der Waals surface area contributed by atoms with Gasteiger partial charge in [0, 0.05) is 50.0 Å². The van der Waals surface area contributed by atoms with Crippen LogP contribution in [0.5, 0.6) is 0 Å². The highest BCUT2D eigenvalue weighted by Gasteiger charge is 2.31. The van der Waals surface area contributed by atoms with E-state index in [0.29, 0.717) is 38.6 Å². The van der Waals surface area contributed by atoms with Crippen molar-refractivity contribution in [3.63, 3.8) is 0 Å². The molecule has 1 aliphatic heterocycles. The van der Waals surface area contributed by atoms with Gasteiger partial charge >= 0.3 is 0 Å². The smallest absolute Gasteiger partial charge is 0.255 e. The number of hydrogen-bond donors (Lipinski definition) is 0. The van der Waals surface area contributed by atoms with Crippen LogP contribution in [0.4, 0.5) is 0 Å². The first-order chi connectivity index (χ1) is 11.0. The van der Waals surface area contributed by atoms with E-state index >= 15 is 0 Å². The minimum atomic E-state index is 0.118. The maximum Gasteiger partial charge on any atom is 0.255 e. The molecule has 0 radical (unpaired) electrons. The van der Waals surface area contributed by atoms with Crippen LogP contribution in [0.3, 0.4) is 0 Å². The van der Waals surface area contributed by atoms with E-state index in [1.165, 1.54) is 18.5 Å². The van der Waals surface area contributed by atoms with Crippen LogP contribution in [0.15, 0.2) is 6.07 Å². The summed E-state index contributed by atoms with van der Waals surface area (Å²) in [5, 5.41) is 0. The molecule has 0 spiro atoms. The average Bonchev–Trinajstić information content (AvgIpc) is 3.33. The summed E-state index contributed by atoms with van der Waals surface area (Å²) in [6, 6.07) is 2.63. The summed E-state index contributed by atoms with van der Waals surface area (Å²) in [7, 11) is 0. The Morgan fingerprint density at radius 3 is 2.26 bits per heavy atom. The van der Waals surface area contributed by atoms with Crippen molar-refractivity contribution in [2.45, 2.75) is 52.5 Å². The van der Waals surface area contributed by atoms with Crippen LogP contribution in [0.25, 0.3) is 0 Å². The molecule has 1 aromatic heterocycles. The van der Waals surface area contributed by atoms with Gasteiger partial charge in [0.2, 0.25) is 5.91 Å². The number of rotatable bonds is 4. The zero-order valence-electron chi connectivity index (χ0n) is 14.5. The van der Waals surface area contributed by atoms with Crippen LogP contribution < -0.4 is 0 Å². The van der Waals surface area contributed by atoms with Crippen LogP contribution in [-0.2, 0) is 4.79 Å². The fourth-order valence-corrected chi connectivity index (χ4v) is 3.59. The van der Waals surface area contributed by atoms with Crippen molar-refractivity contribution in [1.82, 2.24) is 14.4 Å². The Morgan fingerprint density at radius 1 is 1.09 bits per heavy atom. The highest BCUT2D eigenvalue weighted by atomic mass is 16.2. The molecule has 5 heteroatoms. The Labute approximate surface area is 138 Å². The number of carbonyl (C=O) groups excluding carboxylic acids is 2. The number of piperazine rings is 1. The lowest BCUT2D eigenvalue weighted by Crippen LogP contribution is -2.50. The molecule has 126 valence electrons. The van der Waals surface area contributed by atoms with E-state index in [2.05, 4.69) is 18.4 Å². The second kappa shape index (κ2) is 6.38. The first-order valence-corrected chi connectivity index (χ1v) is 8.78. The van der Waals surface area contributed by atoms with Crippen molar-refractivity contribution in [2.75, 3.05) is 26.2 Å². The minimum absolute atomic E-state index is 0.118. The third kappa shape index (κ3) is 3.14. The third-order valence-electron chi connectivity index (χ3n) is 5.01. The van der Waals surface area contributed by atoms with Gasteiger partial charge in [-0.15, -0.1) is 0 Å². The van der Waals surface area contributed by atoms with Crippen LogP contribution in [-0.4, -0.2) is 52.4 Å². The molecule has 1 saturated carbocycles. The quantitative estimate of drug-likeness (QED) is 0.856. The Kier molecular flexibility index (Phi) is 4.46. The molecular weight excluding hydrogens is 290 g/mol. The summed E-state index contributed by atoms with van der Waals surface area (Å²) in [6.45, 7) is 8.76. The predicted octanol–water partition coefficient (Wildman–Crippen LogP) is 2.52. The maximum atomic E-state index is 12.8. The van der Waals surface area contributed by atoms with Gasteiger partial charge in [-0.1, -0.05) is 6.92 Å².